The number of nitrogens with zero attached hydrogens (tertiary/aromatic N) is 2. The maximum atomic E-state index is 5.04. The Labute approximate surface area is 77.4 Å². The first-order valence-electron chi connectivity index (χ1n) is 4.49. The molecule has 4 heteroatoms. The SMILES string of the molecule is COc1cc([C@@H]2CCCN2)ncn1. The highest BCUT2D eigenvalue weighted by molar-refractivity contribution is 5.17. The van der Waals surface area contributed by atoms with E-state index in [1.54, 1.807) is 13.4 Å². The maximum Gasteiger partial charge on any atom is 0.216 e. The molecule has 1 aromatic heterocycles. The van der Waals surface area contributed by atoms with Gasteiger partial charge >= 0.3 is 0 Å². The van der Waals surface area contributed by atoms with E-state index in [-0.39, 0.29) is 0 Å². The van der Waals surface area contributed by atoms with E-state index in [1.807, 2.05) is 6.07 Å². The first-order chi connectivity index (χ1) is 6.40. The summed E-state index contributed by atoms with van der Waals surface area (Å²) >= 11 is 0. The van der Waals surface area contributed by atoms with Crippen LogP contribution in [0, 0.1) is 0 Å². The van der Waals surface area contributed by atoms with Crippen LogP contribution in [-0.4, -0.2) is 23.6 Å². The lowest BCUT2D eigenvalue weighted by molar-refractivity contribution is 0.394. The van der Waals surface area contributed by atoms with Crippen molar-refractivity contribution in [2.75, 3.05) is 13.7 Å². The van der Waals surface area contributed by atoms with E-state index in [0.29, 0.717) is 11.9 Å². The predicted octanol–water partition coefficient (Wildman–Crippen LogP) is 0.910. The maximum absolute atomic E-state index is 5.04. The van der Waals surface area contributed by atoms with Crippen LogP contribution < -0.4 is 10.1 Å². The fourth-order valence-electron chi connectivity index (χ4n) is 1.59. The Morgan fingerprint density at radius 2 is 2.46 bits per heavy atom. The molecule has 1 atom stereocenters. The molecule has 0 radical (unpaired) electrons. The summed E-state index contributed by atoms with van der Waals surface area (Å²) in [4.78, 5) is 8.18. The lowest BCUT2D eigenvalue weighted by atomic mass is 10.1. The molecule has 0 spiro atoms. The summed E-state index contributed by atoms with van der Waals surface area (Å²) < 4.78 is 5.04. The van der Waals surface area contributed by atoms with Crippen molar-refractivity contribution in [2.24, 2.45) is 0 Å². The molecule has 0 aromatic carbocycles. The zero-order valence-electron chi connectivity index (χ0n) is 7.66. The molecular weight excluding hydrogens is 166 g/mol. The molecule has 0 amide bonds. The molecule has 1 saturated heterocycles. The monoisotopic (exact) mass is 179 g/mol. The molecule has 0 saturated carbocycles. The lowest BCUT2D eigenvalue weighted by Crippen LogP contribution is -2.14. The summed E-state index contributed by atoms with van der Waals surface area (Å²) in [5.74, 6) is 0.638. The molecule has 1 aliphatic heterocycles. The molecule has 2 rings (SSSR count). The van der Waals surface area contributed by atoms with E-state index in [0.717, 1.165) is 18.7 Å². The molecular formula is C9H13N3O. The van der Waals surface area contributed by atoms with Crippen molar-refractivity contribution in [1.29, 1.82) is 0 Å². The number of ether oxygens (including phenoxy) is 1. The van der Waals surface area contributed by atoms with Gasteiger partial charge in [0.25, 0.3) is 0 Å². The van der Waals surface area contributed by atoms with Crippen molar-refractivity contribution in [1.82, 2.24) is 15.3 Å². The summed E-state index contributed by atoms with van der Waals surface area (Å²) in [7, 11) is 1.62. The topological polar surface area (TPSA) is 47.0 Å². The van der Waals surface area contributed by atoms with Crippen molar-refractivity contribution in [3.63, 3.8) is 0 Å². The van der Waals surface area contributed by atoms with Gasteiger partial charge in [0.2, 0.25) is 5.88 Å². The summed E-state index contributed by atoms with van der Waals surface area (Å²) in [6, 6.07) is 2.28. The van der Waals surface area contributed by atoms with Crippen LogP contribution in [0.4, 0.5) is 0 Å². The summed E-state index contributed by atoms with van der Waals surface area (Å²) in [5.41, 5.74) is 1.03. The third-order valence-electron chi connectivity index (χ3n) is 2.29. The van der Waals surface area contributed by atoms with Crippen LogP contribution in [0.15, 0.2) is 12.4 Å². The standard InChI is InChI=1S/C9H13N3O/c1-13-9-5-8(11-6-12-9)7-3-2-4-10-7/h5-7,10H,2-4H2,1H3/t7-/m0/s1. The van der Waals surface area contributed by atoms with Gasteiger partial charge in [0.05, 0.1) is 12.8 Å². The van der Waals surface area contributed by atoms with Gasteiger partial charge in [-0.2, -0.15) is 0 Å². The van der Waals surface area contributed by atoms with Crippen LogP contribution >= 0.6 is 0 Å². The Kier molecular flexibility index (Phi) is 2.40. The number of methoxy groups -OCH3 is 1. The zero-order valence-corrected chi connectivity index (χ0v) is 7.66. The molecule has 1 fully saturated rings. The number of aromatic nitrogens is 2. The molecule has 1 aromatic rings. The highest BCUT2D eigenvalue weighted by Crippen LogP contribution is 2.22. The molecule has 13 heavy (non-hydrogen) atoms. The number of hydrogen-bond acceptors (Lipinski definition) is 4. The first-order valence-corrected chi connectivity index (χ1v) is 4.49. The fraction of sp³-hybridized carbons (Fsp3) is 0.556. The Morgan fingerprint density at radius 1 is 1.54 bits per heavy atom. The summed E-state index contributed by atoms with van der Waals surface area (Å²) in [5, 5.41) is 3.38. The molecule has 1 N–H and O–H groups in total. The van der Waals surface area contributed by atoms with Crippen LogP contribution in [-0.2, 0) is 0 Å². The van der Waals surface area contributed by atoms with Gasteiger partial charge in [-0.15, -0.1) is 0 Å². The molecule has 70 valence electrons. The molecule has 1 aliphatic rings. The second-order valence-electron chi connectivity index (χ2n) is 3.13. The van der Waals surface area contributed by atoms with Crippen LogP contribution in [0.3, 0.4) is 0 Å². The summed E-state index contributed by atoms with van der Waals surface area (Å²) in [6.07, 6.45) is 3.92. The minimum absolute atomic E-state index is 0.386. The molecule has 2 heterocycles. The lowest BCUT2D eigenvalue weighted by Gasteiger charge is -2.09. The fourth-order valence-corrected chi connectivity index (χ4v) is 1.59. The van der Waals surface area contributed by atoms with Gasteiger partial charge in [0.1, 0.15) is 6.33 Å². The van der Waals surface area contributed by atoms with Crippen molar-refractivity contribution in [2.45, 2.75) is 18.9 Å². The zero-order chi connectivity index (χ0) is 9.10. The second kappa shape index (κ2) is 3.70. The van der Waals surface area contributed by atoms with E-state index < -0.39 is 0 Å². The van der Waals surface area contributed by atoms with Crippen molar-refractivity contribution in [3.8, 4) is 5.88 Å². The number of hydrogen-bond donors (Lipinski definition) is 1. The van der Waals surface area contributed by atoms with Crippen LogP contribution in [0.2, 0.25) is 0 Å². The van der Waals surface area contributed by atoms with E-state index in [4.69, 9.17) is 4.74 Å². The Hall–Kier alpha value is -1.16. The van der Waals surface area contributed by atoms with Gasteiger partial charge in [-0.05, 0) is 19.4 Å². The van der Waals surface area contributed by atoms with Crippen LogP contribution in [0.5, 0.6) is 5.88 Å². The summed E-state index contributed by atoms with van der Waals surface area (Å²) in [6.45, 7) is 1.08. The largest absolute Gasteiger partial charge is 0.481 e. The average Bonchev–Trinajstić information content (AvgIpc) is 2.71. The van der Waals surface area contributed by atoms with Crippen molar-refractivity contribution < 1.29 is 4.74 Å². The van der Waals surface area contributed by atoms with E-state index in [2.05, 4.69) is 15.3 Å². The normalized spacial score (nSPS) is 21.8. The second-order valence-corrected chi connectivity index (χ2v) is 3.13. The van der Waals surface area contributed by atoms with E-state index in [1.165, 1.54) is 6.42 Å². The van der Waals surface area contributed by atoms with Gasteiger partial charge in [-0.25, -0.2) is 9.97 Å². The quantitative estimate of drug-likeness (QED) is 0.733. The highest BCUT2D eigenvalue weighted by atomic mass is 16.5. The van der Waals surface area contributed by atoms with E-state index >= 15 is 0 Å². The van der Waals surface area contributed by atoms with Gasteiger partial charge in [0.15, 0.2) is 0 Å². The van der Waals surface area contributed by atoms with Gasteiger partial charge in [0, 0.05) is 12.1 Å². The third-order valence-corrected chi connectivity index (χ3v) is 2.29. The Balaban J connectivity index is 2.18. The van der Waals surface area contributed by atoms with Crippen LogP contribution in [0.1, 0.15) is 24.6 Å². The average molecular weight is 179 g/mol. The smallest absolute Gasteiger partial charge is 0.216 e. The number of rotatable bonds is 2. The molecule has 0 aliphatic carbocycles. The molecule has 0 unspecified atom stereocenters. The minimum atomic E-state index is 0.386. The van der Waals surface area contributed by atoms with E-state index in [9.17, 15) is 0 Å². The van der Waals surface area contributed by atoms with Gasteiger partial charge < -0.3 is 10.1 Å². The predicted molar refractivity (Wildman–Crippen MR) is 48.6 cm³/mol. The van der Waals surface area contributed by atoms with Gasteiger partial charge in [-0.1, -0.05) is 0 Å². The minimum Gasteiger partial charge on any atom is -0.481 e. The van der Waals surface area contributed by atoms with Crippen molar-refractivity contribution >= 4 is 0 Å². The first kappa shape index (κ1) is 8.44. The molecule has 0 bridgehead atoms. The van der Waals surface area contributed by atoms with Crippen LogP contribution in [0.25, 0.3) is 0 Å². The Morgan fingerprint density at radius 3 is 3.15 bits per heavy atom. The molecule has 4 nitrogen and oxygen atoms in total. The Bertz CT molecular complexity index is 284. The number of nitrogens with one attached hydrogen (secondary N) is 1. The highest BCUT2D eigenvalue weighted by Gasteiger charge is 2.17. The van der Waals surface area contributed by atoms with Crippen molar-refractivity contribution in [3.05, 3.63) is 18.1 Å². The third kappa shape index (κ3) is 1.78. The van der Waals surface area contributed by atoms with Gasteiger partial charge in [-0.3, -0.25) is 0 Å².